The SMILES string of the molecule is CS(=O)(=O)c1ccc2nc(NC(=O)C3CCCN3C(=O)c3ccco3)sc2c1. The number of likely N-dealkylation sites (tertiary alicyclic amines) is 1. The van der Waals surface area contributed by atoms with E-state index in [1.165, 1.54) is 28.6 Å². The summed E-state index contributed by atoms with van der Waals surface area (Å²) in [5.74, 6) is -0.433. The van der Waals surface area contributed by atoms with Crippen LogP contribution in [0.4, 0.5) is 5.13 Å². The van der Waals surface area contributed by atoms with Crippen molar-refractivity contribution >= 4 is 48.3 Å². The molecule has 3 heterocycles. The van der Waals surface area contributed by atoms with Crippen molar-refractivity contribution in [1.82, 2.24) is 9.88 Å². The lowest BCUT2D eigenvalue weighted by Gasteiger charge is -2.22. The number of nitrogens with one attached hydrogen (secondary N) is 1. The van der Waals surface area contributed by atoms with Gasteiger partial charge in [-0.05, 0) is 43.2 Å². The molecule has 1 fully saturated rings. The number of sulfone groups is 1. The third-order valence-electron chi connectivity index (χ3n) is 4.57. The monoisotopic (exact) mass is 419 g/mol. The van der Waals surface area contributed by atoms with Gasteiger partial charge in [-0.2, -0.15) is 0 Å². The van der Waals surface area contributed by atoms with E-state index in [1.807, 2.05) is 0 Å². The molecule has 0 saturated carbocycles. The fourth-order valence-corrected chi connectivity index (χ4v) is 4.83. The molecule has 1 atom stereocenters. The molecular weight excluding hydrogens is 402 g/mol. The van der Waals surface area contributed by atoms with Gasteiger partial charge in [-0.25, -0.2) is 13.4 Å². The zero-order valence-electron chi connectivity index (χ0n) is 14.9. The van der Waals surface area contributed by atoms with E-state index < -0.39 is 15.9 Å². The number of thiazole rings is 1. The number of hydrogen-bond donors (Lipinski definition) is 1. The highest BCUT2D eigenvalue weighted by atomic mass is 32.2. The number of benzene rings is 1. The van der Waals surface area contributed by atoms with Gasteiger partial charge in [-0.15, -0.1) is 0 Å². The number of anilines is 1. The van der Waals surface area contributed by atoms with E-state index in [1.54, 1.807) is 24.3 Å². The van der Waals surface area contributed by atoms with Gasteiger partial charge in [0.1, 0.15) is 6.04 Å². The molecule has 10 heteroatoms. The summed E-state index contributed by atoms with van der Waals surface area (Å²) in [5.41, 5.74) is 0.600. The standard InChI is InChI=1S/C18H17N3O5S2/c1-28(24,25)11-6-7-12-15(10-11)27-18(19-12)20-16(22)13-4-2-8-21(13)17(23)14-5-3-9-26-14/h3,5-7,9-10,13H,2,4,8H2,1H3,(H,19,20,22). The van der Waals surface area contributed by atoms with Crippen molar-refractivity contribution in [1.29, 1.82) is 0 Å². The van der Waals surface area contributed by atoms with Crippen molar-refractivity contribution in [3.63, 3.8) is 0 Å². The number of carbonyl (C=O) groups excluding carboxylic acids is 2. The van der Waals surface area contributed by atoms with Crippen molar-refractivity contribution in [2.45, 2.75) is 23.8 Å². The molecule has 1 unspecified atom stereocenters. The normalized spacial score (nSPS) is 17.2. The number of aromatic nitrogens is 1. The largest absolute Gasteiger partial charge is 0.459 e. The maximum Gasteiger partial charge on any atom is 0.290 e. The van der Waals surface area contributed by atoms with Gasteiger partial charge in [0, 0.05) is 12.8 Å². The molecule has 1 N–H and O–H groups in total. The quantitative estimate of drug-likeness (QED) is 0.696. The average Bonchev–Trinajstić information content (AvgIpc) is 3.38. The van der Waals surface area contributed by atoms with Gasteiger partial charge in [0.05, 0.1) is 21.4 Å². The second-order valence-electron chi connectivity index (χ2n) is 6.54. The smallest absolute Gasteiger partial charge is 0.290 e. The minimum atomic E-state index is -3.32. The molecule has 4 rings (SSSR count). The Hall–Kier alpha value is -2.72. The number of furan rings is 1. The highest BCUT2D eigenvalue weighted by Gasteiger charge is 2.35. The maximum atomic E-state index is 12.7. The summed E-state index contributed by atoms with van der Waals surface area (Å²) in [7, 11) is -3.32. The molecule has 2 amide bonds. The third kappa shape index (κ3) is 3.52. The second-order valence-corrected chi connectivity index (χ2v) is 9.59. The second kappa shape index (κ2) is 7.02. The highest BCUT2D eigenvalue weighted by Crippen LogP contribution is 2.29. The molecule has 3 aromatic rings. The van der Waals surface area contributed by atoms with Crippen LogP contribution in [0.25, 0.3) is 10.2 Å². The Kier molecular flexibility index (Phi) is 4.68. The summed E-state index contributed by atoms with van der Waals surface area (Å²) in [6.07, 6.45) is 3.84. The number of amides is 2. The number of rotatable bonds is 4. The summed E-state index contributed by atoms with van der Waals surface area (Å²) < 4.78 is 29.2. The van der Waals surface area contributed by atoms with E-state index in [0.29, 0.717) is 28.3 Å². The minimum Gasteiger partial charge on any atom is -0.459 e. The molecule has 1 aromatic carbocycles. The molecule has 1 saturated heterocycles. The van der Waals surface area contributed by atoms with Gasteiger partial charge in [-0.3, -0.25) is 9.59 Å². The van der Waals surface area contributed by atoms with Crippen molar-refractivity contribution in [2.24, 2.45) is 0 Å². The fraction of sp³-hybridized carbons (Fsp3) is 0.278. The van der Waals surface area contributed by atoms with Gasteiger partial charge in [0.25, 0.3) is 5.91 Å². The highest BCUT2D eigenvalue weighted by molar-refractivity contribution is 7.90. The lowest BCUT2D eigenvalue weighted by molar-refractivity contribution is -0.119. The summed E-state index contributed by atoms with van der Waals surface area (Å²) in [5, 5.41) is 3.12. The van der Waals surface area contributed by atoms with Crippen molar-refractivity contribution in [3.8, 4) is 0 Å². The van der Waals surface area contributed by atoms with Crippen LogP contribution in [0, 0.1) is 0 Å². The van der Waals surface area contributed by atoms with E-state index in [-0.39, 0.29) is 22.5 Å². The van der Waals surface area contributed by atoms with Crippen LogP contribution < -0.4 is 5.32 Å². The van der Waals surface area contributed by atoms with Gasteiger partial charge < -0.3 is 14.6 Å². The lowest BCUT2D eigenvalue weighted by atomic mass is 10.2. The van der Waals surface area contributed by atoms with Crippen LogP contribution >= 0.6 is 11.3 Å². The first-order valence-electron chi connectivity index (χ1n) is 8.59. The Morgan fingerprint density at radius 1 is 1.32 bits per heavy atom. The topological polar surface area (TPSA) is 110 Å². The average molecular weight is 419 g/mol. The zero-order chi connectivity index (χ0) is 19.9. The Morgan fingerprint density at radius 3 is 2.86 bits per heavy atom. The Balaban J connectivity index is 1.53. The molecule has 146 valence electrons. The summed E-state index contributed by atoms with van der Waals surface area (Å²) in [6.45, 7) is 0.481. The van der Waals surface area contributed by atoms with Crippen LogP contribution in [0.5, 0.6) is 0 Å². The first kappa shape index (κ1) is 18.6. The molecule has 0 spiro atoms. The molecule has 8 nitrogen and oxygen atoms in total. The molecule has 0 radical (unpaired) electrons. The molecule has 1 aliphatic rings. The number of hydrogen-bond acceptors (Lipinski definition) is 7. The first-order valence-corrected chi connectivity index (χ1v) is 11.3. The zero-order valence-corrected chi connectivity index (χ0v) is 16.5. The predicted octanol–water partition coefficient (Wildman–Crippen LogP) is 2.54. The van der Waals surface area contributed by atoms with Gasteiger partial charge in [-0.1, -0.05) is 11.3 Å². The van der Waals surface area contributed by atoms with E-state index >= 15 is 0 Å². The lowest BCUT2D eigenvalue weighted by Crippen LogP contribution is -2.43. The third-order valence-corrected chi connectivity index (χ3v) is 6.61. The van der Waals surface area contributed by atoms with E-state index in [9.17, 15) is 18.0 Å². The van der Waals surface area contributed by atoms with Gasteiger partial charge in [0.15, 0.2) is 20.7 Å². The summed E-state index contributed by atoms with van der Waals surface area (Å²) in [6, 6.07) is 7.24. The van der Waals surface area contributed by atoms with Gasteiger partial charge in [0.2, 0.25) is 5.91 Å². The van der Waals surface area contributed by atoms with Gasteiger partial charge >= 0.3 is 0 Å². The maximum absolute atomic E-state index is 12.7. The Bertz CT molecular complexity index is 1150. The molecule has 0 aliphatic carbocycles. The van der Waals surface area contributed by atoms with E-state index in [0.717, 1.165) is 12.7 Å². The van der Waals surface area contributed by atoms with Crippen LogP contribution in [0.2, 0.25) is 0 Å². The van der Waals surface area contributed by atoms with Crippen LogP contribution in [-0.4, -0.2) is 49.0 Å². The van der Waals surface area contributed by atoms with Crippen molar-refractivity contribution in [3.05, 3.63) is 42.4 Å². The van der Waals surface area contributed by atoms with Crippen LogP contribution in [0.3, 0.4) is 0 Å². The first-order chi connectivity index (χ1) is 13.3. The molecule has 2 aromatic heterocycles. The van der Waals surface area contributed by atoms with Crippen LogP contribution in [0.15, 0.2) is 45.9 Å². The predicted molar refractivity (Wildman–Crippen MR) is 104 cm³/mol. The van der Waals surface area contributed by atoms with Crippen LogP contribution in [-0.2, 0) is 14.6 Å². The number of fused-ring (bicyclic) bond motifs is 1. The fourth-order valence-electron chi connectivity index (χ4n) is 3.20. The number of carbonyl (C=O) groups is 2. The summed E-state index contributed by atoms with van der Waals surface area (Å²) >= 11 is 1.19. The molecule has 28 heavy (non-hydrogen) atoms. The van der Waals surface area contributed by atoms with Crippen LogP contribution in [0.1, 0.15) is 23.4 Å². The molecule has 0 bridgehead atoms. The van der Waals surface area contributed by atoms with E-state index in [4.69, 9.17) is 4.42 Å². The number of nitrogens with zero attached hydrogens (tertiary/aromatic N) is 2. The molecular formula is C18H17N3O5S2. The van der Waals surface area contributed by atoms with Crippen molar-refractivity contribution in [2.75, 3.05) is 18.1 Å². The Labute approximate surface area is 165 Å². The minimum absolute atomic E-state index is 0.201. The van der Waals surface area contributed by atoms with E-state index in [2.05, 4.69) is 10.3 Å². The Morgan fingerprint density at radius 2 is 2.14 bits per heavy atom. The summed E-state index contributed by atoms with van der Waals surface area (Å²) in [4.78, 5) is 31.3. The molecule has 1 aliphatic heterocycles. The van der Waals surface area contributed by atoms with Crippen molar-refractivity contribution < 1.29 is 22.4 Å².